The van der Waals surface area contributed by atoms with Gasteiger partial charge >= 0.3 is 0 Å². The van der Waals surface area contributed by atoms with E-state index in [-0.39, 0.29) is 16.6 Å². The van der Waals surface area contributed by atoms with Crippen molar-refractivity contribution < 1.29 is 9.53 Å². The highest BCUT2D eigenvalue weighted by Gasteiger charge is 2.07. The first-order chi connectivity index (χ1) is 6.67. The van der Waals surface area contributed by atoms with Crippen LogP contribution in [0.15, 0.2) is 17.2 Å². The van der Waals surface area contributed by atoms with Gasteiger partial charge in [-0.2, -0.15) is 0 Å². The Morgan fingerprint density at radius 2 is 2.43 bits per heavy atom. The van der Waals surface area contributed by atoms with Gasteiger partial charge in [0.25, 0.3) is 0 Å². The van der Waals surface area contributed by atoms with Crippen LogP contribution in [0.1, 0.15) is 10.4 Å². The van der Waals surface area contributed by atoms with Crippen molar-refractivity contribution in [3.05, 3.63) is 33.3 Å². The van der Waals surface area contributed by atoms with Gasteiger partial charge in [0.2, 0.25) is 11.8 Å². The van der Waals surface area contributed by atoms with E-state index in [1.54, 1.807) is 0 Å². The number of rotatable bonds is 2. The SMILES string of the molecule is COc1cc(C(=O)N=[N+]=[N-])cc(Cl)n1. The molecule has 0 aliphatic rings. The van der Waals surface area contributed by atoms with Gasteiger partial charge in [0.15, 0.2) is 0 Å². The fourth-order valence-corrected chi connectivity index (χ4v) is 1.00. The number of ether oxygens (including phenoxy) is 1. The van der Waals surface area contributed by atoms with Crippen molar-refractivity contribution in [2.75, 3.05) is 7.11 Å². The molecule has 0 atom stereocenters. The number of carbonyl (C=O) groups excluding carboxylic acids is 1. The molecule has 1 amide bonds. The van der Waals surface area contributed by atoms with Crippen LogP contribution >= 0.6 is 11.6 Å². The molecule has 1 heterocycles. The minimum atomic E-state index is -0.727. The topological polar surface area (TPSA) is 88.0 Å². The van der Waals surface area contributed by atoms with Gasteiger partial charge in [0, 0.05) is 16.5 Å². The molecule has 0 bridgehead atoms. The van der Waals surface area contributed by atoms with Gasteiger partial charge in [-0.15, -0.1) is 0 Å². The van der Waals surface area contributed by atoms with Gasteiger partial charge in [0.05, 0.1) is 7.11 Å². The van der Waals surface area contributed by atoms with Gasteiger partial charge in [-0.1, -0.05) is 11.6 Å². The fourth-order valence-electron chi connectivity index (χ4n) is 0.799. The van der Waals surface area contributed by atoms with Gasteiger partial charge in [-0.25, -0.2) is 4.98 Å². The lowest BCUT2D eigenvalue weighted by Crippen LogP contribution is -1.96. The number of nitrogens with zero attached hydrogens (tertiary/aromatic N) is 4. The summed E-state index contributed by atoms with van der Waals surface area (Å²) in [5, 5.41) is 3.01. The Bertz CT molecular complexity index is 414. The van der Waals surface area contributed by atoms with E-state index in [9.17, 15) is 4.79 Å². The molecule has 0 fully saturated rings. The molecule has 7 heteroatoms. The highest BCUT2D eigenvalue weighted by molar-refractivity contribution is 6.29. The average molecular weight is 213 g/mol. The second-order valence-corrected chi connectivity index (χ2v) is 2.60. The molecule has 0 radical (unpaired) electrons. The van der Waals surface area contributed by atoms with E-state index < -0.39 is 5.91 Å². The zero-order chi connectivity index (χ0) is 10.6. The van der Waals surface area contributed by atoms with E-state index >= 15 is 0 Å². The van der Waals surface area contributed by atoms with E-state index in [0.717, 1.165) is 0 Å². The number of methoxy groups -OCH3 is 1. The lowest BCUT2D eigenvalue weighted by Gasteiger charge is -2.00. The second kappa shape index (κ2) is 4.45. The van der Waals surface area contributed by atoms with E-state index in [2.05, 4.69) is 15.0 Å². The third-order valence-corrected chi connectivity index (χ3v) is 1.56. The van der Waals surface area contributed by atoms with Crippen molar-refractivity contribution in [1.82, 2.24) is 4.98 Å². The highest BCUT2D eigenvalue weighted by atomic mass is 35.5. The van der Waals surface area contributed by atoms with Gasteiger partial charge in [0.1, 0.15) is 5.15 Å². The Labute approximate surface area is 84.1 Å². The first-order valence-corrected chi connectivity index (χ1v) is 3.86. The van der Waals surface area contributed by atoms with E-state index in [0.29, 0.717) is 0 Å². The maximum Gasteiger partial charge on any atom is 0.249 e. The molecule has 0 aromatic carbocycles. The van der Waals surface area contributed by atoms with Crippen LogP contribution in [0.5, 0.6) is 5.88 Å². The number of carbonyl (C=O) groups is 1. The molecule has 6 nitrogen and oxygen atoms in total. The number of hydrogen-bond acceptors (Lipinski definition) is 3. The van der Waals surface area contributed by atoms with E-state index in [1.165, 1.54) is 19.2 Å². The summed E-state index contributed by atoms with van der Waals surface area (Å²) in [5.74, 6) is -0.538. The molecular weight excluding hydrogens is 208 g/mol. The molecule has 1 rings (SSSR count). The number of halogens is 1. The van der Waals surface area contributed by atoms with Gasteiger partial charge in [-0.05, 0) is 16.7 Å². The molecule has 0 spiro atoms. The Balaban J connectivity index is 3.14. The number of pyridine rings is 1. The molecule has 0 aliphatic heterocycles. The zero-order valence-corrected chi connectivity index (χ0v) is 7.89. The first-order valence-electron chi connectivity index (χ1n) is 3.48. The van der Waals surface area contributed by atoms with Crippen molar-refractivity contribution in [1.29, 1.82) is 0 Å². The smallest absolute Gasteiger partial charge is 0.249 e. The fraction of sp³-hybridized carbons (Fsp3) is 0.143. The molecule has 0 unspecified atom stereocenters. The Morgan fingerprint density at radius 1 is 1.71 bits per heavy atom. The highest BCUT2D eigenvalue weighted by Crippen LogP contribution is 2.16. The van der Waals surface area contributed by atoms with Crippen LogP contribution in [0.25, 0.3) is 10.4 Å². The van der Waals surface area contributed by atoms with Crippen LogP contribution in [0.2, 0.25) is 5.15 Å². The van der Waals surface area contributed by atoms with Crippen molar-refractivity contribution >= 4 is 17.5 Å². The zero-order valence-electron chi connectivity index (χ0n) is 7.14. The lowest BCUT2D eigenvalue weighted by atomic mass is 10.2. The van der Waals surface area contributed by atoms with Crippen LogP contribution in [0.3, 0.4) is 0 Å². The third kappa shape index (κ3) is 2.35. The van der Waals surface area contributed by atoms with Crippen molar-refractivity contribution in [3.8, 4) is 5.88 Å². The summed E-state index contributed by atoms with van der Waals surface area (Å²) in [4.78, 5) is 17.2. The van der Waals surface area contributed by atoms with Crippen molar-refractivity contribution in [2.24, 2.45) is 5.11 Å². The van der Waals surface area contributed by atoms with Crippen LogP contribution < -0.4 is 4.74 Å². The van der Waals surface area contributed by atoms with Crippen LogP contribution in [-0.4, -0.2) is 18.0 Å². The predicted octanol–water partition coefficient (Wildman–Crippen LogP) is 2.19. The summed E-state index contributed by atoms with van der Waals surface area (Å²) in [5.41, 5.74) is 8.19. The predicted molar refractivity (Wildman–Crippen MR) is 49.3 cm³/mol. The summed E-state index contributed by atoms with van der Waals surface area (Å²) in [6, 6.07) is 2.63. The van der Waals surface area contributed by atoms with Crippen molar-refractivity contribution in [2.45, 2.75) is 0 Å². The molecule has 0 aliphatic carbocycles. The lowest BCUT2D eigenvalue weighted by molar-refractivity contribution is 0.1000. The Hall–Kier alpha value is -1.78. The largest absolute Gasteiger partial charge is 0.481 e. The minimum Gasteiger partial charge on any atom is -0.481 e. The molecule has 14 heavy (non-hydrogen) atoms. The molecule has 1 aromatic rings. The van der Waals surface area contributed by atoms with Crippen LogP contribution in [0, 0.1) is 0 Å². The van der Waals surface area contributed by atoms with Crippen LogP contribution in [0.4, 0.5) is 0 Å². The normalized spacial score (nSPS) is 9.00. The summed E-state index contributed by atoms with van der Waals surface area (Å²) < 4.78 is 4.78. The quantitative estimate of drug-likeness (QED) is 0.326. The molecule has 72 valence electrons. The van der Waals surface area contributed by atoms with E-state index in [4.69, 9.17) is 21.9 Å². The first kappa shape index (κ1) is 10.3. The number of amides is 1. The number of hydrogen-bond donors (Lipinski definition) is 0. The summed E-state index contributed by atoms with van der Waals surface area (Å²) in [6.07, 6.45) is 0. The summed E-state index contributed by atoms with van der Waals surface area (Å²) >= 11 is 5.59. The van der Waals surface area contributed by atoms with Gasteiger partial charge in [-0.3, -0.25) is 4.79 Å². The summed E-state index contributed by atoms with van der Waals surface area (Å²) in [7, 11) is 1.39. The Kier molecular flexibility index (Phi) is 3.28. The number of azide groups is 1. The Morgan fingerprint density at radius 3 is 3.00 bits per heavy atom. The molecule has 1 aromatic heterocycles. The molecule has 0 N–H and O–H groups in total. The molecule has 0 saturated carbocycles. The van der Waals surface area contributed by atoms with Gasteiger partial charge < -0.3 is 4.74 Å². The summed E-state index contributed by atoms with van der Waals surface area (Å²) in [6.45, 7) is 0. The minimum absolute atomic E-state index is 0.0980. The standard InChI is InChI=1S/C7H5ClN4O2/c1-14-6-3-4(2-5(8)10-6)7(13)11-12-9/h2-3H,1H3. The number of aromatic nitrogens is 1. The average Bonchev–Trinajstić information content (AvgIpc) is 2.17. The van der Waals surface area contributed by atoms with Crippen molar-refractivity contribution in [3.63, 3.8) is 0 Å². The molecular formula is C7H5ClN4O2. The monoisotopic (exact) mass is 212 g/mol. The van der Waals surface area contributed by atoms with Crippen LogP contribution in [-0.2, 0) is 0 Å². The second-order valence-electron chi connectivity index (χ2n) is 2.22. The molecule has 0 saturated heterocycles. The maximum absolute atomic E-state index is 11.1. The van der Waals surface area contributed by atoms with E-state index in [1.807, 2.05) is 0 Å². The maximum atomic E-state index is 11.1. The third-order valence-electron chi connectivity index (χ3n) is 1.36.